The molecule has 0 aliphatic carbocycles. The van der Waals surface area contributed by atoms with E-state index in [1.165, 1.54) is 4.90 Å². The quantitative estimate of drug-likeness (QED) is 0.599. The number of piperazine rings is 1. The monoisotopic (exact) mass is 323 g/mol. The van der Waals surface area contributed by atoms with Crippen LogP contribution < -0.4 is 4.90 Å². The van der Waals surface area contributed by atoms with E-state index >= 15 is 0 Å². The van der Waals surface area contributed by atoms with Gasteiger partial charge in [0.2, 0.25) is 5.95 Å². The van der Waals surface area contributed by atoms with E-state index in [-0.39, 0.29) is 26.3 Å². The Morgan fingerprint density at radius 1 is 1.04 bits per heavy atom. The van der Waals surface area contributed by atoms with Gasteiger partial charge in [-0.3, -0.25) is 9.59 Å². The Morgan fingerprint density at radius 3 is 2.13 bits per heavy atom. The highest BCUT2D eigenvalue weighted by Gasteiger charge is 2.29. The van der Waals surface area contributed by atoms with E-state index in [1.807, 2.05) is 4.90 Å². The number of anilines is 1. The Balaban J connectivity index is 1.91. The number of carbonyl (C=O) groups excluding carboxylic acids is 2. The molecule has 9 heteroatoms. The van der Waals surface area contributed by atoms with Gasteiger partial charge in [-0.25, -0.2) is 9.97 Å². The van der Waals surface area contributed by atoms with Gasteiger partial charge in [-0.15, -0.1) is 0 Å². The maximum Gasteiger partial charge on any atom is 0.312 e. The van der Waals surface area contributed by atoms with Crippen molar-refractivity contribution in [3.8, 4) is 0 Å². The first kappa shape index (κ1) is 17.1. The second kappa shape index (κ2) is 8.39. The first-order valence-electron chi connectivity index (χ1n) is 7.49. The van der Waals surface area contributed by atoms with Gasteiger partial charge in [0.15, 0.2) is 0 Å². The van der Waals surface area contributed by atoms with Crippen molar-refractivity contribution in [1.29, 1.82) is 0 Å². The highest BCUT2D eigenvalue weighted by atomic mass is 16.3. The summed E-state index contributed by atoms with van der Waals surface area (Å²) in [5.41, 5.74) is 0. The van der Waals surface area contributed by atoms with E-state index in [0.717, 1.165) is 4.90 Å². The molecule has 2 rings (SSSR count). The summed E-state index contributed by atoms with van der Waals surface area (Å²) in [7, 11) is 0. The highest BCUT2D eigenvalue weighted by Crippen LogP contribution is 2.10. The van der Waals surface area contributed by atoms with Gasteiger partial charge in [0.25, 0.3) is 0 Å². The lowest BCUT2D eigenvalue weighted by Crippen LogP contribution is -2.54. The SMILES string of the molecule is O=C(C(=O)N1CCN(c2ncccn2)CC1)N(CCO)CCO. The highest BCUT2D eigenvalue weighted by molar-refractivity contribution is 6.34. The second-order valence-corrected chi connectivity index (χ2v) is 5.07. The van der Waals surface area contributed by atoms with E-state index in [2.05, 4.69) is 9.97 Å². The Kier molecular flexibility index (Phi) is 6.24. The van der Waals surface area contributed by atoms with Crippen molar-refractivity contribution in [2.75, 3.05) is 57.4 Å². The van der Waals surface area contributed by atoms with Crippen molar-refractivity contribution >= 4 is 17.8 Å². The van der Waals surface area contributed by atoms with Crippen molar-refractivity contribution in [2.24, 2.45) is 0 Å². The fraction of sp³-hybridized carbons (Fsp3) is 0.571. The summed E-state index contributed by atoms with van der Waals surface area (Å²) < 4.78 is 0. The predicted octanol–water partition coefficient (Wildman–Crippen LogP) is -2.06. The van der Waals surface area contributed by atoms with Crippen LogP contribution in [-0.4, -0.2) is 94.3 Å². The van der Waals surface area contributed by atoms with Gasteiger partial charge < -0.3 is 24.9 Å². The van der Waals surface area contributed by atoms with Gasteiger partial charge in [0.1, 0.15) is 0 Å². The number of aromatic nitrogens is 2. The van der Waals surface area contributed by atoms with Gasteiger partial charge >= 0.3 is 11.8 Å². The molecule has 0 atom stereocenters. The van der Waals surface area contributed by atoms with E-state index in [4.69, 9.17) is 10.2 Å². The Hall–Kier alpha value is -2.26. The second-order valence-electron chi connectivity index (χ2n) is 5.07. The molecule has 0 radical (unpaired) electrons. The average molecular weight is 323 g/mol. The predicted molar refractivity (Wildman–Crippen MR) is 81.6 cm³/mol. The molecule has 1 fully saturated rings. The fourth-order valence-corrected chi connectivity index (χ4v) is 2.39. The lowest BCUT2D eigenvalue weighted by Gasteiger charge is -2.35. The molecular weight excluding hydrogens is 302 g/mol. The zero-order valence-electron chi connectivity index (χ0n) is 12.8. The van der Waals surface area contributed by atoms with Crippen LogP contribution in [0.25, 0.3) is 0 Å². The Morgan fingerprint density at radius 2 is 1.61 bits per heavy atom. The van der Waals surface area contributed by atoms with Crippen molar-refractivity contribution in [1.82, 2.24) is 19.8 Å². The topological polar surface area (TPSA) is 110 Å². The van der Waals surface area contributed by atoms with E-state index < -0.39 is 11.8 Å². The number of rotatable bonds is 5. The van der Waals surface area contributed by atoms with E-state index in [1.54, 1.807) is 18.5 Å². The first-order chi connectivity index (χ1) is 11.2. The molecule has 2 N–H and O–H groups in total. The summed E-state index contributed by atoms with van der Waals surface area (Å²) in [6, 6.07) is 1.73. The number of hydrogen-bond donors (Lipinski definition) is 2. The van der Waals surface area contributed by atoms with Crippen LogP contribution in [-0.2, 0) is 9.59 Å². The molecule has 0 saturated carbocycles. The molecule has 1 aromatic heterocycles. The maximum atomic E-state index is 12.3. The molecular formula is C14H21N5O4. The number of nitrogens with zero attached hydrogens (tertiary/aromatic N) is 5. The lowest BCUT2D eigenvalue weighted by atomic mass is 10.3. The number of carbonyl (C=O) groups is 2. The van der Waals surface area contributed by atoms with E-state index in [0.29, 0.717) is 32.1 Å². The lowest BCUT2D eigenvalue weighted by molar-refractivity contribution is -0.152. The molecule has 2 heterocycles. The molecule has 0 unspecified atom stereocenters. The molecule has 0 bridgehead atoms. The largest absolute Gasteiger partial charge is 0.395 e. The van der Waals surface area contributed by atoms with Gasteiger partial charge in [0.05, 0.1) is 13.2 Å². The molecule has 126 valence electrons. The summed E-state index contributed by atoms with van der Waals surface area (Å²) in [5.74, 6) is -0.703. The minimum atomic E-state index is -0.697. The van der Waals surface area contributed by atoms with Crippen molar-refractivity contribution in [3.05, 3.63) is 18.5 Å². The van der Waals surface area contributed by atoms with Gasteiger partial charge in [-0.1, -0.05) is 0 Å². The van der Waals surface area contributed by atoms with Crippen molar-refractivity contribution < 1.29 is 19.8 Å². The zero-order valence-corrected chi connectivity index (χ0v) is 12.8. The van der Waals surface area contributed by atoms with Crippen LogP contribution in [0.3, 0.4) is 0 Å². The van der Waals surface area contributed by atoms with Crippen molar-refractivity contribution in [3.63, 3.8) is 0 Å². The summed E-state index contributed by atoms with van der Waals surface area (Å²) >= 11 is 0. The van der Waals surface area contributed by atoms with Crippen LogP contribution >= 0.6 is 0 Å². The summed E-state index contributed by atoms with van der Waals surface area (Å²) in [6.45, 7) is 1.44. The molecule has 0 aromatic carbocycles. The summed E-state index contributed by atoms with van der Waals surface area (Å²) in [6.07, 6.45) is 3.32. The van der Waals surface area contributed by atoms with Crippen LogP contribution in [0.15, 0.2) is 18.5 Å². The van der Waals surface area contributed by atoms with Gasteiger partial charge in [-0.2, -0.15) is 0 Å². The maximum absolute atomic E-state index is 12.3. The third kappa shape index (κ3) is 4.36. The fourth-order valence-electron chi connectivity index (χ4n) is 2.39. The minimum absolute atomic E-state index is 0.0307. The normalized spacial score (nSPS) is 14.7. The van der Waals surface area contributed by atoms with Crippen LogP contribution in [0.4, 0.5) is 5.95 Å². The number of hydrogen-bond acceptors (Lipinski definition) is 7. The molecule has 1 saturated heterocycles. The van der Waals surface area contributed by atoms with Crippen LogP contribution in [0.2, 0.25) is 0 Å². The Labute approximate surface area is 134 Å². The number of amides is 2. The third-order valence-electron chi connectivity index (χ3n) is 3.61. The van der Waals surface area contributed by atoms with Crippen LogP contribution in [0, 0.1) is 0 Å². The minimum Gasteiger partial charge on any atom is -0.395 e. The molecule has 1 aromatic rings. The molecule has 1 aliphatic rings. The molecule has 1 aliphatic heterocycles. The van der Waals surface area contributed by atoms with Gasteiger partial charge in [-0.05, 0) is 6.07 Å². The van der Waals surface area contributed by atoms with Crippen LogP contribution in [0.5, 0.6) is 0 Å². The summed E-state index contributed by atoms with van der Waals surface area (Å²) in [4.78, 5) is 37.3. The van der Waals surface area contributed by atoms with Gasteiger partial charge in [0, 0.05) is 51.7 Å². The molecule has 9 nitrogen and oxygen atoms in total. The number of aliphatic hydroxyl groups is 2. The molecule has 2 amide bonds. The zero-order chi connectivity index (χ0) is 16.7. The van der Waals surface area contributed by atoms with Crippen LogP contribution in [0.1, 0.15) is 0 Å². The Bertz CT molecular complexity index is 513. The number of aliphatic hydroxyl groups excluding tert-OH is 2. The average Bonchev–Trinajstić information content (AvgIpc) is 2.61. The standard InChI is InChI=1S/C14H21N5O4/c20-10-8-18(9-11-21)13(23)12(22)17-4-6-19(7-5-17)14-15-2-1-3-16-14/h1-3,20-21H,4-11H2. The van der Waals surface area contributed by atoms with E-state index in [9.17, 15) is 9.59 Å². The summed E-state index contributed by atoms with van der Waals surface area (Å²) in [5, 5.41) is 17.9. The smallest absolute Gasteiger partial charge is 0.312 e. The molecule has 23 heavy (non-hydrogen) atoms. The van der Waals surface area contributed by atoms with Crippen molar-refractivity contribution in [2.45, 2.75) is 0 Å². The molecule has 0 spiro atoms. The first-order valence-corrected chi connectivity index (χ1v) is 7.49. The third-order valence-corrected chi connectivity index (χ3v) is 3.61.